The highest BCUT2D eigenvalue weighted by molar-refractivity contribution is 5.87. The van der Waals surface area contributed by atoms with Crippen LogP contribution in [0.3, 0.4) is 0 Å². The van der Waals surface area contributed by atoms with E-state index in [0.29, 0.717) is 19.3 Å². The molecule has 0 bridgehead atoms. The van der Waals surface area contributed by atoms with Crippen molar-refractivity contribution in [1.82, 2.24) is 5.32 Å². The van der Waals surface area contributed by atoms with E-state index in [2.05, 4.69) is 5.32 Å². The lowest BCUT2D eigenvalue weighted by molar-refractivity contribution is -0.142. The molecular weight excluding hydrogens is 261 g/mol. The number of carbonyl (C=O) groups excluding carboxylic acids is 1. The van der Waals surface area contributed by atoms with Crippen molar-refractivity contribution in [3.63, 3.8) is 0 Å². The Morgan fingerprint density at radius 3 is 2.60 bits per heavy atom. The van der Waals surface area contributed by atoms with Gasteiger partial charge in [0, 0.05) is 5.92 Å². The van der Waals surface area contributed by atoms with E-state index >= 15 is 0 Å². The van der Waals surface area contributed by atoms with Gasteiger partial charge in [-0.1, -0.05) is 25.5 Å². The first-order chi connectivity index (χ1) is 9.52. The van der Waals surface area contributed by atoms with Crippen LogP contribution in [0.4, 0.5) is 4.39 Å². The van der Waals surface area contributed by atoms with Crippen LogP contribution in [0.25, 0.3) is 0 Å². The van der Waals surface area contributed by atoms with E-state index in [4.69, 9.17) is 5.11 Å². The van der Waals surface area contributed by atoms with E-state index in [1.807, 2.05) is 6.92 Å². The van der Waals surface area contributed by atoms with E-state index in [1.54, 1.807) is 12.1 Å². The molecule has 3 atom stereocenters. The number of carbonyl (C=O) groups is 2. The van der Waals surface area contributed by atoms with Crippen LogP contribution >= 0.6 is 0 Å². The third-order valence-electron chi connectivity index (χ3n) is 3.62. The minimum absolute atomic E-state index is 0.0756. The Balaban J connectivity index is 1.92. The summed E-state index contributed by atoms with van der Waals surface area (Å²) >= 11 is 0. The fourth-order valence-corrected chi connectivity index (χ4v) is 2.39. The molecule has 20 heavy (non-hydrogen) atoms. The standard InChI is InChI=1S/C15H18FNO3/c1-2-3-13(15(19)20)17-14(18)12-8-11(12)9-4-6-10(16)7-5-9/h4-7,11-13H,2-3,8H2,1H3,(H,17,18)(H,19,20)/t11-,12+,13+/m1/s1. The average molecular weight is 279 g/mol. The second-order valence-corrected chi connectivity index (χ2v) is 5.19. The molecule has 1 aromatic carbocycles. The van der Waals surface area contributed by atoms with E-state index in [9.17, 15) is 14.0 Å². The minimum Gasteiger partial charge on any atom is -0.480 e. The fraction of sp³-hybridized carbons (Fsp3) is 0.467. The largest absolute Gasteiger partial charge is 0.480 e. The molecule has 0 aliphatic heterocycles. The number of rotatable bonds is 6. The highest BCUT2D eigenvalue weighted by Gasteiger charge is 2.44. The topological polar surface area (TPSA) is 66.4 Å². The monoisotopic (exact) mass is 279 g/mol. The maximum Gasteiger partial charge on any atom is 0.326 e. The number of nitrogens with one attached hydrogen (secondary N) is 1. The summed E-state index contributed by atoms with van der Waals surface area (Å²) < 4.78 is 12.8. The number of benzene rings is 1. The number of carboxylic acid groups (broad SMARTS) is 1. The summed E-state index contributed by atoms with van der Waals surface area (Å²) in [5, 5.41) is 11.6. The number of amides is 1. The normalized spacial score (nSPS) is 22.1. The van der Waals surface area contributed by atoms with Crippen molar-refractivity contribution in [3.05, 3.63) is 35.6 Å². The van der Waals surface area contributed by atoms with E-state index in [1.165, 1.54) is 12.1 Å². The number of hydrogen-bond acceptors (Lipinski definition) is 2. The molecule has 1 aromatic rings. The molecule has 2 rings (SSSR count). The van der Waals surface area contributed by atoms with Crippen LogP contribution < -0.4 is 5.32 Å². The Hall–Kier alpha value is -1.91. The van der Waals surface area contributed by atoms with Crippen LogP contribution in [-0.2, 0) is 9.59 Å². The number of carboxylic acids is 1. The third-order valence-corrected chi connectivity index (χ3v) is 3.62. The molecule has 1 aliphatic rings. The van der Waals surface area contributed by atoms with E-state index < -0.39 is 12.0 Å². The predicted octanol–water partition coefficient (Wildman–Crippen LogP) is 2.30. The van der Waals surface area contributed by atoms with Crippen molar-refractivity contribution in [2.24, 2.45) is 5.92 Å². The number of hydrogen-bond donors (Lipinski definition) is 2. The number of halogens is 1. The highest BCUT2D eigenvalue weighted by atomic mass is 19.1. The van der Waals surface area contributed by atoms with Gasteiger partial charge < -0.3 is 10.4 Å². The lowest BCUT2D eigenvalue weighted by atomic mass is 10.1. The van der Waals surface area contributed by atoms with Crippen molar-refractivity contribution in [2.45, 2.75) is 38.1 Å². The molecule has 108 valence electrons. The SMILES string of the molecule is CCC[C@H](NC(=O)[C@H]1C[C@@H]1c1ccc(F)cc1)C(=O)O. The van der Waals surface area contributed by atoms with E-state index in [0.717, 1.165) is 5.56 Å². The van der Waals surface area contributed by atoms with Gasteiger partial charge in [-0.05, 0) is 36.5 Å². The number of aliphatic carboxylic acids is 1. The summed E-state index contributed by atoms with van der Waals surface area (Å²) in [6.07, 6.45) is 1.81. The Labute approximate surface area is 117 Å². The van der Waals surface area contributed by atoms with Gasteiger partial charge >= 0.3 is 5.97 Å². The van der Waals surface area contributed by atoms with Crippen molar-refractivity contribution in [3.8, 4) is 0 Å². The van der Waals surface area contributed by atoms with Crippen LogP contribution in [0.2, 0.25) is 0 Å². The molecule has 1 amide bonds. The molecule has 0 heterocycles. The summed E-state index contributed by atoms with van der Waals surface area (Å²) in [5.74, 6) is -1.64. The zero-order chi connectivity index (χ0) is 14.7. The molecule has 0 radical (unpaired) electrons. The molecule has 0 aromatic heterocycles. The molecule has 4 nitrogen and oxygen atoms in total. The zero-order valence-corrected chi connectivity index (χ0v) is 11.3. The van der Waals surface area contributed by atoms with Gasteiger partial charge in [0.1, 0.15) is 11.9 Å². The molecule has 2 N–H and O–H groups in total. The van der Waals surface area contributed by atoms with Crippen molar-refractivity contribution in [2.75, 3.05) is 0 Å². The average Bonchev–Trinajstić information content (AvgIpc) is 3.19. The van der Waals surface area contributed by atoms with Crippen LogP contribution in [-0.4, -0.2) is 23.0 Å². The fourth-order valence-electron chi connectivity index (χ4n) is 2.39. The van der Waals surface area contributed by atoms with Crippen LogP contribution in [0, 0.1) is 11.7 Å². The Morgan fingerprint density at radius 1 is 1.40 bits per heavy atom. The van der Waals surface area contributed by atoms with Gasteiger partial charge in [-0.3, -0.25) is 4.79 Å². The van der Waals surface area contributed by atoms with Crippen molar-refractivity contribution in [1.29, 1.82) is 0 Å². The first-order valence-electron chi connectivity index (χ1n) is 6.81. The van der Waals surface area contributed by atoms with Gasteiger partial charge in [-0.15, -0.1) is 0 Å². The zero-order valence-electron chi connectivity index (χ0n) is 11.3. The minimum atomic E-state index is -1.00. The molecule has 0 unspecified atom stereocenters. The smallest absolute Gasteiger partial charge is 0.326 e. The molecule has 1 fully saturated rings. The quantitative estimate of drug-likeness (QED) is 0.839. The molecule has 0 saturated heterocycles. The predicted molar refractivity (Wildman–Crippen MR) is 71.7 cm³/mol. The van der Waals surface area contributed by atoms with Gasteiger partial charge in [-0.2, -0.15) is 0 Å². The van der Waals surface area contributed by atoms with Gasteiger partial charge in [-0.25, -0.2) is 9.18 Å². The molecule has 1 aliphatic carbocycles. The third kappa shape index (κ3) is 3.35. The van der Waals surface area contributed by atoms with Crippen LogP contribution in [0.1, 0.15) is 37.7 Å². The second kappa shape index (κ2) is 6.03. The van der Waals surface area contributed by atoms with Gasteiger partial charge in [0.15, 0.2) is 0 Å². The summed E-state index contributed by atoms with van der Waals surface area (Å²) in [6, 6.07) is 5.28. The van der Waals surface area contributed by atoms with Gasteiger partial charge in [0.2, 0.25) is 5.91 Å². The van der Waals surface area contributed by atoms with E-state index in [-0.39, 0.29) is 23.6 Å². The van der Waals surface area contributed by atoms with Gasteiger partial charge in [0.25, 0.3) is 0 Å². The Kier molecular flexibility index (Phi) is 4.37. The Morgan fingerprint density at radius 2 is 2.05 bits per heavy atom. The summed E-state index contributed by atoms with van der Waals surface area (Å²) in [7, 11) is 0. The summed E-state index contributed by atoms with van der Waals surface area (Å²) in [5.41, 5.74) is 0.925. The van der Waals surface area contributed by atoms with Crippen LogP contribution in [0.5, 0.6) is 0 Å². The molecule has 5 heteroatoms. The lowest BCUT2D eigenvalue weighted by Crippen LogP contribution is -2.41. The maximum absolute atomic E-state index is 12.8. The first kappa shape index (κ1) is 14.5. The van der Waals surface area contributed by atoms with Crippen molar-refractivity contribution >= 4 is 11.9 Å². The van der Waals surface area contributed by atoms with Crippen molar-refractivity contribution < 1.29 is 19.1 Å². The first-order valence-corrected chi connectivity index (χ1v) is 6.81. The summed E-state index contributed by atoms with van der Waals surface area (Å²) in [4.78, 5) is 23.0. The molecular formula is C15H18FNO3. The Bertz CT molecular complexity index is 500. The van der Waals surface area contributed by atoms with Gasteiger partial charge in [0.05, 0.1) is 0 Å². The van der Waals surface area contributed by atoms with Crippen LogP contribution in [0.15, 0.2) is 24.3 Å². The molecule has 0 spiro atoms. The molecule has 1 saturated carbocycles. The summed E-state index contributed by atoms with van der Waals surface area (Å²) in [6.45, 7) is 1.88. The maximum atomic E-state index is 12.8. The highest BCUT2D eigenvalue weighted by Crippen LogP contribution is 2.47. The lowest BCUT2D eigenvalue weighted by Gasteiger charge is -2.13. The second-order valence-electron chi connectivity index (χ2n) is 5.19.